The summed E-state index contributed by atoms with van der Waals surface area (Å²) in [5.74, 6) is 0. The summed E-state index contributed by atoms with van der Waals surface area (Å²) in [5.41, 5.74) is 12.4. The third-order valence-corrected chi connectivity index (χ3v) is 9.69. The van der Waals surface area contributed by atoms with Gasteiger partial charge in [0.1, 0.15) is 0 Å². The van der Waals surface area contributed by atoms with E-state index in [1.807, 2.05) is 0 Å². The van der Waals surface area contributed by atoms with Crippen LogP contribution in [0.5, 0.6) is 0 Å². The van der Waals surface area contributed by atoms with E-state index in [1.54, 1.807) is 0 Å². The molecule has 0 heterocycles. The zero-order valence-corrected chi connectivity index (χ0v) is 26.5. The van der Waals surface area contributed by atoms with Crippen molar-refractivity contribution in [2.75, 3.05) is 0 Å². The van der Waals surface area contributed by atoms with Crippen LogP contribution in [0.4, 0.5) is 0 Å². The fourth-order valence-corrected chi connectivity index (χ4v) is 7.44. The number of fused-ring (bicyclic) bond motifs is 3. The van der Waals surface area contributed by atoms with Crippen LogP contribution in [-0.2, 0) is 0 Å². The van der Waals surface area contributed by atoms with Gasteiger partial charge in [0.15, 0.2) is 0 Å². The summed E-state index contributed by atoms with van der Waals surface area (Å²) >= 11 is 0. The van der Waals surface area contributed by atoms with E-state index in [2.05, 4.69) is 194 Å². The van der Waals surface area contributed by atoms with Gasteiger partial charge in [-0.3, -0.25) is 0 Å². The maximum Gasteiger partial charge on any atom is -0.00201 e. The second-order valence-electron chi connectivity index (χ2n) is 12.4. The quantitative estimate of drug-likeness (QED) is 0.171. The summed E-state index contributed by atoms with van der Waals surface area (Å²) in [6.45, 7) is 0. The third kappa shape index (κ3) is 4.78. The first kappa shape index (κ1) is 28.0. The Morgan fingerprint density at radius 2 is 0.625 bits per heavy atom. The highest BCUT2D eigenvalue weighted by Crippen LogP contribution is 2.47. The molecule has 0 atom stereocenters. The van der Waals surface area contributed by atoms with Crippen LogP contribution in [-0.4, -0.2) is 0 Å². The number of benzene rings is 9. The lowest BCUT2D eigenvalue weighted by Gasteiger charge is -2.21. The van der Waals surface area contributed by atoms with Gasteiger partial charge in [0.2, 0.25) is 0 Å². The molecule has 0 N–H and O–H groups in total. The van der Waals surface area contributed by atoms with Crippen molar-refractivity contribution in [3.05, 3.63) is 194 Å². The van der Waals surface area contributed by atoms with Gasteiger partial charge in [0.25, 0.3) is 0 Å². The minimum atomic E-state index is 1.21. The monoisotopic (exact) mass is 608 g/mol. The Morgan fingerprint density at radius 3 is 1.23 bits per heavy atom. The van der Waals surface area contributed by atoms with E-state index >= 15 is 0 Å². The van der Waals surface area contributed by atoms with Crippen LogP contribution < -0.4 is 0 Å². The van der Waals surface area contributed by atoms with Gasteiger partial charge in [-0.2, -0.15) is 0 Å². The smallest absolute Gasteiger partial charge is 0.00201 e. The molecule has 0 aromatic heterocycles. The van der Waals surface area contributed by atoms with Crippen molar-refractivity contribution >= 4 is 32.3 Å². The van der Waals surface area contributed by atoms with Gasteiger partial charge in [-0.25, -0.2) is 0 Å². The maximum atomic E-state index is 2.38. The molecule has 0 bridgehead atoms. The molecule has 9 rings (SSSR count). The average Bonchev–Trinajstić information content (AvgIpc) is 3.17. The molecule has 0 unspecified atom stereocenters. The van der Waals surface area contributed by atoms with Gasteiger partial charge in [0.05, 0.1) is 0 Å². The molecule has 9 aromatic rings. The minimum Gasteiger partial charge on any atom is -0.0622 e. The van der Waals surface area contributed by atoms with Gasteiger partial charge in [-0.05, 0) is 94.0 Å². The molecule has 9 aromatic carbocycles. The summed E-state index contributed by atoms with van der Waals surface area (Å²) in [4.78, 5) is 0. The summed E-state index contributed by atoms with van der Waals surface area (Å²) in [7, 11) is 0. The summed E-state index contributed by atoms with van der Waals surface area (Å²) in [5, 5.41) is 7.58. The van der Waals surface area contributed by atoms with Crippen LogP contribution in [0, 0.1) is 0 Å². The normalized spacial score (nSPS) is 11.3. The molecule has 0 nitrogen and oxygen atoms in total. The van der Waals surface area contributed by atoms with Gasteiger partial charge < -0.3 is 0 Å². The van der Waals surface area contributed by atoms with Crippen LogP contribution in [0.2, 0.25) is 0 Å². The fourth-order valence-electron chi connectivity index (χ4n) is 7.44. The highest BCUT2D eigenvalue weighted by molar-refractivity contribution is 6.24. The SMILES string of the molecule is c1ccc(-c2ccc(-c3ccc(-c4c5ccccc5c(-c5cccc6ccccc56)c5ccccc45)c(-c4ccccc4)c3)cc2)cc1. The Hall–Kier alpha value is -6.24. The molecule has 0 saturated carbocycles. The molecular formula is C48H32. The molecule has 0 aliphatic heterocycles. The maximum absolute atomic E-state index is 2.38. The summed E-state index contributed by atoms with van der Waals surface area (Å²) in [6, 6.07) is 70.7. The molecule has 48 heavy (non-hydrogen) atoms. The minimum absolute atomic E-state index is 1.21. The van der Waals surface area contributed by atoms with Crippen LogP contribution in [0.15, 0.2) is 194 Å². The molecule has 224 valence electrons. The lowest BCUT2D eigenvalue weighted by molar-refractivity contribution is 1.57. The summed E-state index contributed by atoms with van der Waals surface area (Å²) in [6.07, 6.45) is 0. The lowest BCUT2D eigenvalue weighted by atomic mass is 9.82. The van der Waals surface area contributed by atoms with E-state index in [9.17, 15) is 0 Å². The molecule has 0 aliphatic carbocycles. The predicted molar refractivity (Wildman–Crippen MR) is 206 cm³/mol. The third-order valence-electron chi connectivity index (χ3n) is 9.69. The van der Waals surface area contributed by atoms with Crippen molar-refractivity contribution in [3.63, 3.8) is 0 Å². The topological polar surface area (TPSA) is 0 Å². The zero-order valence-electron chi connectivity index (χ0n) is 26.5. The van der Waals surface area contributed by atoms with Crippen molar-refractivity contribution in [2.24, 2.45) is 0 Å². The Kier molecular flexibility index (Phi) is 6.91. The van der Waals surface area contributed by atoms with E-state index in [-0.39, 0.29) is 0 Å². The van der Waals surface area contributed by atoms with Crippen LogP contribution in [0.1, 0.15) is 0 Å². The van der Waals surface area contributed by atoms with Crippen molar-refractivity contribution in [3.8, 4) is 55.6 Å². The van der Waals surface area contributed by atoms with Crippen molar-refractivity contribution in [1.82, 2.24) is 0 Å². The van der Waals surface area contributed by atoms with Crippen molar-refractivity contribution in [1.29, 1.82) is 0 Å². The molecule has 0 amide bonds. The molecule has 0 spiro atoms. The predicted octanol–water partition coefficient (Wildman–Crippen LogP) is 13.5. The molecule has 0 aliphatic rings. The van der Waals surface area contributed by atoms with Gasteiger partial charge in [0, 0.05) is 0 Å². The number of hydrogen-bond donors (Lipinski definition) is 0. The second-order valence-corrected chi connectivity index (χ2v) is 12.4. The fraction of sp³-hybridized carbons (Fsp3) is 0. The Bertz CT molecular complexity index is 2510. The lowest BCUT2D eigenvalue weighted by Crippen LogP contribution is -1.94. The standard InChI is InChI=1S/C48H32/c1-3-14-33(15-4-1)34-26-28-35(29-27-34)38-30-31-45(46(32-38)37-16-5-2-6-17-37)48-43-23-11-9-21-41(43)47(42-22-10-12-24-44(42)48)40-25-13-19-36-18-7-8-20-39(36)40/h1-32H. The van der Waals surface area contributed by atoms with E-state index < -0.39 is 0 Å². The van der Waals surface area contributed by atoms with Gasteiger partial charge in [-0.15, -0.1) is 0 Å². The largest absolute Gasteiger partial charge is 0.0622 e. The average molecular weight is 609 g/mol. The van der Waals surface area contributed by atoms with E-state index in [1.165, 1.54) is 88.0 Å². The first-order valence-electron chi connectivity index (χ1n) is 16.6. The highest BCUT2D eigenvalue weighted by Gasteiger charge is 2.20. The van der Waals surface area contributed by atoms with Crippen LogP contribution in [0.25, 0.3) is 88.0 Å². The molecule has 0 fully saturated rings. The van der Waals surface area contributed by atoms with Gasteiger partial charge >= 0.3 is 0 Å². The van der Waals surface area contributed by atoms with Crippen LogP contribution >= 0.6 is 0 Å². The Balaban J connectivity index is 1.30. The number of rotatable bonds is 5. The van der Waals surface area contributed by atoms with Crippen molar-refractivity contribution < 1.29 is 0 Å². The summed E-state index contributed by atoms with van der Waals surface area (Å²) < 4.78 is 0. The van der Waals surface area contributed by atoms with Gasteiger partial charge in [-0.1, -0.05) is 188 Å². The Morgan fingerprint density at radius 1 is 0.208 bits per heavy atom. The second kappa shape index (κ2) is 11.8. The Labute approximate surface area is 281 Å². The zero-order chi connectivity index (χ0) is 31.9. The first-order valence-corrected chi connectivity index (χ1v) is 16.6. The van der Waals surface area contributed by atoms with E-state index in [0.29, 0.717) is 0 Å². The van der Waals surface area contributed by atoms with E-state index in [0.717, 1.165) is 0 Å². The molecular weight excluding hydrogens is 577 g/mol. The molecule has 0 saturated heterocycles. The molecule has 0 radical (unpaired) electrons. The number of hydrogen-bond acceptors (Lipinski definition) is 0. The van der Waals surface area contributed by atoms with E-state index in [4.69, 9.17) is 0 Å². The molecule has 0 heteroatoms. The highest BCUT2D eigenvalue weighted by atomic mass is 14.2. The first-order chi connectivity index (χ1) is 23.8. The van der Waals surface area contributed by atoms with Crippen LogP contribution in [0.3, 0.4) is 0 Å². The van der Waals surface area contributed by atoms with Crippen molar-refractivity contribution in [2.45, 2.75) is 0 Å².